The number of nitrogens with one attached hydrogen (secondary N) is 1. The third-order valence-electron chi connectivity index (χ3n) is 4.31. The van der Waals surface area contributed by atoms with Crippen molar-refractivity contribution in [1.29, 1.82) is 0 Å². The zero-order valence-electron chi connectivity index (χ0n) is 13.5. The molecule has 0 radical (unpaired) electrons. The van der Waals surface area contributed by atoms with Crippen LogP contribution in [0.3, 0.4) is 0 Å². The Morgan fingerprint density at radius 1 is 1.38 bits per heavy atom. The lowest BCUT2D eigenvalue weighted by Crippen LogP contribution is -2.37. The molecule has 1 fully saturated rings. The van der Waals surface area contributed by atoms with Gasteiger partial charge >= 0.3 is 6.18 Å². The molecule has 0 aliphatic carbocycles. The van der Waals surface area contributed by atoms with Gasteiger partial charge in [-0.2, -0.15) is 13.2 Å². The highest BCUT2D eigenvalue weighted by atomic mass is 19.4. The number of likely N-dealkylation sites (tertiary alicyclic amines) is 1. The number of nitrogens with zero attached hydrogens (tertiary/aromatic N) is 1. The summed E-state index contributed by atoms with van der Waals surface area (Å²) in [6.45, 7) is 7.09. The van der Waals surface area contributed by atoms with Gasteiger partial charge < -0.3 is 10.2 Å². The molecule has 2 rings (SSSR count). The minimum absolute atomic E-state index is 0.0904. The van der Waals surface area contributed by atoms with Gasteiger partial charge in [-0.1, -0.05) is 12.6 Å². The lowest BCUT2D eigenvalue weighted by atomic mass is 9.88. The van der Waals surface area contributed by atoms with E-state index in [1.807, 2.05) is 0 Å². The highest BCUT2D eigenvalue weighted by molar-refractivity contribution is 5.96. The van der Waals surface area contributed by atoms with Crippen molar-refractivity contribution in [3.63, 3.8) is 0 Å². The van der Waals surface area contributed by atoms with Crippen molar-refractivity contribution >= 4 is 17.5 Å². The van der Waals surface area contributed by atoms with E-state index in [9.17, 15) is 22.8 Å². The maximum Gasteiger partial charge on any atom is 0.416 e. The van der Waals surface area contributed by atoms with Gasteiger partial charge in [0.25, 0.3) is 0 Å². The summed E-state index contributed by atoms with van der Waals surface area (Å²) in [7, 11) is 0. The first-order valence-corrected chi connectivity index (χ1v) is 7.47. The van der Waals surface area contributed by atoms with Crippen molar-refractivity contribution in [2.45, 2.75) is 26.4 Å². The highest BCUT2D eigenvalue weighted by Gasteiger charge is 2.41. The van der Waals surface area contributed by atoms with Crippen LogP contribution in [-0.4, -0.2) is 29.8 Å². The first kappa shape index (κ1) is 18.0. The number of alkyl halides is 3. The standard InChI is InChI=1S/C17H19F3N2O2/c1-4-14(23)22-8-7-16(3,10-22)15(24)21-12-6-5-11(2)13(9-12)17(18,19)20/h4-6,9H,1,7-8,10H2,2-3H3,(H,21,24). The third kappa shape index (κ3) is 3.60. The van der Waals surface area contributed by atoms with Crippen LogP contribution >= 0.6 is 0 Å². The normalized spacial score (nSPS) is 20.8. The summed E-state index contributed by atoms with van der Waals surface area (Å²) in [5.41, 5.74) is -1.44. The molecular formula is C17H19F3N2O2. The van der Waals surface area contributed by atoms with Gasteiger partial charge in [0.2, 0.25) is 11.8 Å². The Morgan fingerprint density at radius 3 is 2.62 bits per heavy atom. The average molecular weight is 340 g/mol. The summed E-state index contributed by atoms with van der Waals surface area (Å²) in [6, 6.07) is 3.69. The lowest BCUT2D eigenvalue weighted by molar-refractivity contribution is -0.138. The monoisotopic (exact) mass is 340 g/mol. The number of anilines is 1. The molecule has 1 aromatic carbocycles. The maximum absolute atomic E-state index is 13.0. The number of hydrogen-bond donors (Lipinski definition) is 1. The third-order valence-corrected chi connectivity index (χ3v) is 4.31. The van der Waals surface area contributed by atoms with Gasteiger partial charge in [-0.05, 0) is 44.0 Å². The topological polar surface area (TPSA) is 49.4 Å². The number of carbonyl (C=O) groups excluding carboxylic acids is 2. The number of carbonyl (C=O) groups is 2. The van der Waals surface area contributed by atoms with Crippen molar-refractivity contribution in [3.8, 4) is 0 Å². The molecule has 1 atom stereocenters. The van der Waals surface area contributed by atoms with Crippen LogP contribution in [0.1, 0.15) is 24.5 Å². The van der Waals surface area contributed by atoms with Crippen LogP contribution in [0.15, 0.2) is 30.9 Å². The van der Waals surface area contributed by atoms with Crippen LogP contribution in [0.2, 0.25) is 0 Å². The maximum atomic E-state index is 13.0. The summed E-state index contributed by atoms with van der Waals surface area (Å²) >= 11 is 0. The SMILES string of the molecule is C=CC(=O)N1CCC(C)(C(=O)Nc2ccc(C)c(C(F)(F)F)c2)C1. The Hall–Kier alpha value is -2.31. The number of aryl methyl sites for hydroxylation is 1. The molecule has 2 amide bonds. The van der Waals surface area contributed by atoms with E-state index >= 15 is 0 Å². The van der Waals surface area contributed by atoms with Crippen LogP contribution < -0.4 is 5.32 Å². The van der Waals surface area contributed by atoms with Gasteiger partial charge in [0, 0.05) is 18.8 Å². The molecule has 1 unspecified atom stereocenters. The molecule has 0 saturated carbocycles. The molecule has 1 heterocycles. The minimum atomic E-state index is -4.48. The van der Waals surface area contributed by atoms with Crippen LogP contribution in [0, 0.1) is 12.3 Å². The van der Waals surface area contributed by atoms with Gasteiger partial charge in [0.15, 0.2) is 0 Å². The Bertz CT molecular complexity index is 685. The van der Waals surface area contributed by atoms with E-state index in [2.05, 4.69) is 11.9 Å². The van der Waals surface area contributed by atoms with Crippen molar-refractivity contribution in [2.24, 2.45) is 5.41 Å². The zero-order chi connectivity index (χ0) is 18.1. The fourth-order valence-corrected chi connectivity index (χ4v) is 2.75. The molecule has 24 heavy (non-hydrogen) atoms. The summed E-state index contributed by atoms with van der Waals surface area (Å²) < 4.78 is 38.9. The van der Waals surface area contributed by atoms with E-state index in [0.717, 1.165) is 6.07 Å². The number of amides is 2. The second kappa shape index (κ2) is 6.30. The van der Waals surface area contributed by atoms with Crippen molar-refractivity contribution in [3.05, 3.63) is 42.0 Å². The minimum Gasteiger partial charge on any atom is -0.338 e. The van der Waals surface area contributed by atoms with Crippen molar-refractivity contribution < 1.29 is 22.8 Å². The molecule has 0 bridgehead atoms. The predicted molar refractivity (Wildman–Crippen MR) is 84.3 cm³/mol. The van der Waals surface area contributed by atoms with Crippen LogP contribution in [-0.2, 0) is 15.8 Å². The lowest BCUT2D eigenvalue weighted by Gasteiger charge is -2.23. The summed E-state index contributed by atoms with van der Waals surface area (Å²) in [5, 5.41) is 2.54. The molecule has 0 spiro atoms. The van der Waals surface area contributed by atoms with Crippen LogP contribution in [0.5, 0.6) is 0 Å². The summed E-state index contributed by atoms with van der Waals surface area (Å²) in [4.78, 5) is 25.6. The van der Waals surface area contributed by atoms with Gasteiger partial charge in [-0.25, -0.2) is 0 Å². The largest absolute Gasteiger partial charge is 0.416 e. The summed E-state index contributed by atoms with van der Waals surface area (Å²) in [6.07, 6.45) is -2.86. The van der Waals surface area contributed by atoms with E-state index < -0.39 is 23.1 Å². The highest BCUT2D eigenvalue weighted by Crippen LogP contribution is 2.35. The van der Waals surface area contributed by atoms with Gasteiger partial charge in [0.05, 0.1) is 11.0 Å². The quantitative estimate of drug-likeness (QED) is 0.858. The van der Waals surface area contributed by atoms with E-state index in [0.29, 0.717) is 13.0 Å². The van der Waals surface area contributed by atoms with Crippen molar-refractivity contribution in [2.75, 3.05) is 18.4 Å². The first-order chi connectivity index (χ1) is 11.1. The van der Waals surface area contributed by atoms with Crippen molar-refractivity contribution in [1.82, 2.24) is 4.90 Å². The number of hydrogen-bond acceptors (Lipinski definition) is 2. The molecule has 7 heteroatoms. The molecule has 1 aliphatic rings. The number of benzene rings is 1. The molecule has 4 nitrogen and oxygen atoms in total. The smallest absolute Gasteiger partial charge is 0.338 e. The second-order valence-corrected chi connectivity index (χ2v) is 6.26. The Kier molecular flexibility index (Phi) is 4.73. The first-order valence-electron chi connectivity index (χ1n) is 7.47. The Labute approximate surface area is 138 Å². The molecule has 0 aromatic heterocycles. The zero-order valence-corrected chi connectivity index (χ0v) is 13.5. The molecule has 1 saturated heterocycles. The van der Waals surface area contributed by atoms with E-state index in [1.54, 1.807) is 6.92 Å². The fraction of sp³-hybridized carbons (Fsp3) is 0.412. The van der Waals surface area contributed by atoms with E-state index in [1.165, 1.54) is 30.0 Å². The number of rotatable bonds is 3. The van der Waals surface area contributed by atoms with Crippen LogP contribution in [0.25, 0.3) is 0 Å². The molecule has 1 aromatic rings. The summed E-state index contributed by atoms with van der Waals surface area (Å²) in [5.74, 6) is -0.667. The van der Waals surface area contributed by atoms with Gasteiger partial charge in [-0.15, -0.1) is 0 Å². The molecular weight excluding hydrogens is 321 g/mol. The van der Waals surface area contributed by atoms with Gasteiger partial charge in [0.1, 0.15) is 0 Å². The van der Waals surface area contributed by atoms with E-state index in [-0.39, 0.29) is 23.7 Å². The Morgan fingerprint density at radius 2 is 2.04 bits per heavy atom. The number of halogens is 3. The fourth-order valence-electron chi connectivity index (χ4n) is 2.75. The average Bonchev–Trinajstić information content (AvgIpc) is 2.91. The second-order valence-electron chi connectivity index (χ2n) is 6.26. The molecule has 1 N–H and O–H groups in total. The molecule has 1 aliphatic heterocycles. The Balaban J connectivity index is 2.16. The van der Waals surface area contributed by atoms with Crippen LogP contribution in [0.4, 0.5) is 18.9 Å². The predicted octanol–water partition coefficient (Wildman–Crippen LogP) is 3.38. The molecule has 130 valence electrons. The van der Waals surface area contributed by atoms with E-state index in [4.69, 9.17) is 0 Å². The van der Waals surface area contributed by atoms with Gasteiger partial charge in [-0.3, -0.25) is 9.59 Å².